The van der Waals surface area contributed by atoms with Crippen molar-refractivity contribution >= 4 is 33.3 Å². The van der Waals surface area contributed by atoms with E-state index in [1.165, 1.54) is 0 Å². The van der Waals surface area contributed by atoms with E-state index in [4.69, 9.17) is 0 Å². The summed E-state index contributed by atoms with van der Waals surface area (Å²) in [5.74, 6) is -0.679. The minimum absolute atomic E-state index is 0.00681. The van der Waals surface area contributed by atoms with Gasteiger partial charge in [-0.2, -0.15) is 13.5 Å². The lowest BCUT2D eigenvalue weighted by Gasteiger charge is -2.19. The van der Waals surface area contributed by atoms with Crippen molar-refractivity contribution in [3.8, 4) is 0 Å². The van der Waals surface area contributed by atoms with Gasteiger partial charge in [-0.1, -0.05) is 19.1 Å². The number of amides is 2. The fraction of sp³-hybridized carbons (Fsp3) is 0.357. The van der Waals surface area contributed by atoms with Gasteiger partial charge in [0.15, 0.2) is 0 Å². The molecule has 0 bridgehead atoms. The molecule has 124 valence electrons. The molecule has 2 rings (SSSR count). The van der Waals surface area contributed by atoms with E-state index in [0.29, 0.717) is 12.1 Å². The predicted octanol–water partition coefficient (Wildman–Crippen LogP) is 0.461. The molecule has 0 radical (unpaired) electrons. The number of anilines is 1. The summed E-state index contributed by atoms with van der Waals surface area (Å²) in [6.45, 7) is 1.34. The maximum atomic E-state index is 11.6. The minimum Gasteiger partial charge on any atom is -0.324 e. The molecule has 8 nitrogen and oxygen atoms in total. The van der Waals surface area contributed by atoms with Gasteiger partial charge in [-0.15, -0.1) is 0 Å². The van der Waals surface area contributed by atoms with Gasteiger partial charge in [-0.05, 0) is 17.7 Å². The normalized spacial score (nSPS) is 18.1. The molecule has 0 spiro atoms. The van der Waals surface area contributed by atoms with Gasteiger partial charge in [0.25, 0.3) is 16.0 Å². The monoisotopic (exact) mass is 339 g/mol. The quantitative estimate of drug-likeness (QED) is 0.757. The Balaban J connectivity index is 2.00. The molecule has 23 heavy (non-hydrogen) atoms. The van der Waals surface area contributed by atoms with Crippen LogP contribution in [-0.2, 0) is 23.9 Å². The molecule has 2 N–H and O–H groups in total. The van der Waals surface area contributed by atoms with E-state index in [2.05, 4.69) is 20.0 Å². The third kappa shape index (κ3) is 5.15. The molecule has 0 fully saturated rings. The van der Waals surface area contributed by atoms with E-state index in [1.807, 2.05) is 6.92 Å². The standard InChI is InChI=1S/C14H17N3O5S/c1-9-7-12(18)16-17-14(9)10-3-5-11(6-4-10)15-13(19)8-22-23(2,20)21/h3-6,9H,7-8H2,1-2H3,(H,15,19)(H,16,18). The van der Waals surface area contributed by atoms with Crippen LogP contribution in [0.5, 0.6) is 0 Å². The van der Waals surface area contributed by atoms with E-state index >= 15 is 0 Å². The lowest BCUT2D eigenvalue weighted by atomic mass is 9.94. The molecular formula is C14H17N3O5S. The molecule has 0 saturated carbocycles. The number of hydrazone groups is 1. The molecule has 9 heteroatoms. The molecule has 0 aliphatic carbocycles. The Kier molecular flexibility index (Phi) is 5.12. The number of carbonyl (C=O) groups is 2. The van der Waals surface area contributed by atoms with Crippen LogP contribution in [0.15, 0.2) is 29.4 Å². The van der Waals surface area contributed by atoms with Gasteiger partial charge >= 0.3 is 0 Å². The highest BCUT2D eigenvalue weighted by Crippen LogP contribution is 2.18. The molecule has 1 heterocycles. The van der Waals surface area contributed by atoms with Crippen LogP contribution in [0.4, 0.5) is 5.69 Å². The van der Waals surface area contributed by atoms with E-state index in [9.17, 15) is 18.0 Å². The summed E-state index contributed by atoms with van der Waals surface area (Å²) in [6.07, 6.45) is 1.25. The van der Waals surface area contributed by atoms with Crippen molar-refractivity contribution in [2.45, 2.75) is 13.3 Å². The average Bonchev–Trinajstić information content (AvgIpc) is 2.46. The Morgan fingerprint density at radius 1 is 1.39 bits per heavy atom. The first-order chi connectivity index (χ1) is 10.7. The van der Waals surface area contributed by atoms with Crippen molar-refractivity contribution in [3.63, 3.8) is 0 Å². The summed E-state index contributed by atoms with van der Waals surface area (Å²) < 4.78 is 26.0. The van der Waals surface area contributed by atoms with Gasteiger partial charge in [-0.25, -0.2) is 5.43 Å². The third-order valence-corrected chi connectivity index (χ3v) is 3.67. The zero-order valence-electron chi connectivity index (χ0n) is 12.7. The molecule has 0 saturated heterocycles. The van der Waals surface area contributed by atoms with Crippen LogP contribution in [0.2, 0.25) is 0 Å². The average molecular weight is 339 g/mol. The second kappa shape index (κ2) is 6.88. The van der Waals surface area contributed by atoms with Gasteiger partial charge in [0.1, 0.15) is 6.61 Å². The maximum absolute atomic E-state index is 11.6. The molecule has 1 aliphatic heterocycles. The van der Waals surface area contributed by atoms with Crippen LogP contribution in [0.25, 0.3) is 0 Å². The maximum Gasteiger partial charge on any atom is 0.264 e. The molecule has 2 amide bonds. The highest BCUT2D eigenvalue weighted by molar-refractivity contribution is 7.86. The zero-order chi connectivity index (χ0) is 17.0. The summed E-state index contributed by atoms with van der Waals surface area (Å²) in [4.78, 5) is 22.8. The zero-order valence-corrected chi connectivity index (χ0v) is 13.5. The van der Waals surface area contributed by atoms with Crippen LogP contribution in [-0.4, -0.2) is 38.8 Å². The first kappa shape index (κ1) is 17.1. The lowest BCUT2D eigenvalue weighted by Crippen LogP contribution is -2.31. The molecule has 1 atom stereocenters. The molecular weight excluding hydrogens is 322 g/mol. The van der Waals surface area contributed by atoms with Crippen molar-refractivity contribution in [1.29, 1.82) is 0 Å². The SMILES string of the molecule is CC1CC(=O)NN=C1c1ccc(NC(=O)COS(C)(=O)=O)cc1. The van der Waals surface area contributed by atoms with Crippen molar-refractivity contribution in [1.82, 2.24) is 5.43 Å². The summed E-state index contributed by atoms with van der Waals surface area (Å²) in [5.41, 5.74) is 4.55. The van der Waals surface area contributed by atoms with Crippen molar-refractivity contribution in [2.75, 3.05) is 18.2 Å². The second-order valence-corrected chi connectivity index (χ2v) is 6.87. The van der Waals surface area contributed by atoms with E-state index < -0.39 is 22.6 Å². The first-order valence-corrected chi connectivity index (χ1v) is 8.67. The number of carbonyl (C=O) groups excluding carboxylic acids is 2. The highest BCUT2D eigenvalue weighted by Gasteiger charge is 2.21. The number of nitrogens with zero attached hydrogens (tertiary/aromatic N) is 1. The van der Waals surface area contributed by atoms with Crippen LogP contribution >= 0.6 is 0 Å². The van der Waals surface area contributed by atoms with E-state index in [-0.39, 0.29) is 11.8 Å². The second-order valence-electron chi connectivity index (χ2n) is 5.23. The van der Waals surface area contributed by atoms with Gasteiger partial charge in [0, 0.05) is 18.0 Å². The Morgan fingerprint density at radius 3 is 2.61 bits per heavy atom. The Labute approximate surface area is 134 Å². The summed E-state index contributed by atoms with van der Waals surface area (Å²) in [6, 6.07) is 6.86. The van der Waals surface area contributed by atoms with Gasteiger partial charge in [0.2, 0.25) is 5.91 Å². The molecule has 0 aromatic heterocycles. The van der Waals surface area contributed by atoms with Crippen LogP contribution in [0.3, 0.4) is 0 Å². The third-order valence-electron chi connectivity index (χ3n) is 3.13. The van der Waals surface area contributed by atoms with Crippen molar-refractivity contribution in [2.24, 2.45) is 11.0 Å². The fourth-order valence-electron chi connectivity index (χ4n) is 2.08. The van der Waals surface area contributed by atoms with Gasteiger partial charge in [-0.3, -0.25) is 13.8 Å². The predicted molar refractivity (Wildman–Crippen MR) is 84.3 cm³/mol. The number of rotatable bonds is 5. The Hall–Kier alpha value is -2.26. The summed E-state index contributed by atoms with van der Waals surface area (Å²) >= 11 is 0. The number of hydrogen-bond donors (Lipinski definition) is 2. The number of hydrogen-bond acceptors (Lipinski definition) is 6. The van der Waals surface area contributed by atoms with Gasteiger partial charge < -0.3 is 5.32 Å². The fourth-order valence-corrected chi connectivity index (χ4v) is 2.41. The largest absolute Gasteiger partial charge is 0.324 e. The minimum atomic E-state index is -3.65. The van der Waals surface area contributed by atoms with Crippen molar-refractivity contribution in [3.05, 3.63) is 29.8 Å². The Bertz CT molecular complexity index is 740. The summed E-state index contributed by atoms with van der Waals surface area (Å²) in [7, 11) is -3.65. The number of benzene rings is 1. The van der Waals surface area contributed by atoms with Crippen LogP contribution in [0, 0.1) is 5.92 Å². The molecule has 1 unspecified atom stereocenters. The van der Waals surface area contributed by atoms with Gasteiger partial charge in [0.05, 0.1) is 12.0 Å². The first-order valence-electron chi connectivity index (χ1n) is 6.86. The number of nitrogens with one attached hydrogen (secondary N) is 2. The molecule has 1 aromatic carbocycles. The smallest absolute Gasteiger partial charge is 0.264 e. The van der Waals surface area contributed by atoms with E-state index in [1.54, 1.807) is 24.3 Å². The lowest BCUT2D eigenvalue weighted by molar-refractivity contribution is -0.122. The molecule has 1 aliphatic rings. The molecule has 1 aromatic rings. The summed E-state index contributed by atoms with van der Waals surface area (Å²) in [5, 5.41) is 6.58. The van der Waals surface area contributed by atoms with Crippen LogP contribution < -0.4 is 10.7 Å². The van der Waals surface area contributed by atoms with Crippen LogP contribution in [0.1, 0.15) is 18.9 Å². The van der Waals surface area contributed by atoms with E-state index in [0.717, 1.165) is 17.5 Å². The Morgan fingerprint density at radius 2 is 2.04 bits per heavy atom. The topological polar surface area (TPSA) is 114 Å². The highest BCUT2D eigenvalue weighted by atomic mass is 32.2. The van der Waals surface area contributed by atoms with Crippen molar-refractivity contribution < 1.29 is 22.2 Å².